The third-order valence-electron chi connectivity index (χ3n) is 5.32. The molecule has 156 valence electrons. The molecule has 1 aromatic rings. The molecule has 0 radical (unpaired) electrons. The van der Waals surface area contributed by atoms with Gasteiger partial charge in [0, 0.05) is 6.20 Å². The van der Waals surface area contributed by atoms with Crippen LogP contribution in [0.5, 0.6) is 0 Å². The van der Waals surface area contributed by atoms with E-state index in [9.17, 15) is 14.7 Å². The van der Waals surface area contributed by atoms with Gasteiger partial charge in [0.25, 0.3) is 0 Å². The molecule has 1 aromatic heterocycles. The molecule has 7 nitrogen and oxygen atoms in total. The SMILES string of the molecule is CC(C)(C)OC(=O)N1Cc2cc(C(=O)O)cnc2C1CO[Si](C)(C)C(C)(C)C. The highest BCUT2D eigenvalue weighted by Crippen LogP contribution is 2.39. The van der Waals surface area contributed by atoms with E-state index in [4.69, 9.17) is 9.16 Å². The van der Waals surface area contributed by atoms with Gasteiger partial charge in [-0.2, -0.15) is 0 Å². The lowest BCUT2D eigenvalue weighted by Gasteiger charge is -2.38. The molecular formula is C20H32N2O5Si. The zero-order valence-corrected chi connectivity index (χ0v) is 19.1. The fraction of sp³-hybridized carbons (Fsp3) is 0.650. The number of amides is 1. The van der Waals surface area contributed by atoms with Crippen LogP contribution in [0.1, 0.15) is 69.2 Å². The number of carboxylic acid groups (broad SMARTS) is 1. The van der Waals surface area contributed by atoms with Gasteiger partial charge in [-0.1, -0.05) is 20.8 Å². The molecule has 1 N–H and O–H groups in total. The normalized spacial score (nSPS) is 17.4. The van der Waals surface area contributed by atoms with Crippen LogP contribution >= 0.6 is 0 Å². The number of aromatic carboxylic acids is 1. The maximum atomic E-state index is 12.8. The summed E-state index contributed by atoms with van der Waals surface area (Å²) in [5, 5.41) is 9.28. The first kappa shape index (κ1) is 22.4. The van der Waals surface area contributed by atoms with E-state index >= 15 is 0 Å². The molecule has 8 heteroatoms. The number of pyridine rings is 1. The zero-order chi connectivity index (χ0) is 21.5. The summed E-state index contributed by atoms with van der Waals surface area (Å²) in [7, 11) is -2.03. The van der Waals surface area contributed by atoms with E-state index in [0.29, 0.717) is 12.3 Å². The lowest BCUT2D eigenvalue weighted by atomic mass is 10.1. The molecule has 1 aliphatic rings. The molecule has 0 bridgehead atoms. The van der Waals surface area contributed by atoms with Crippen molar-refractivity contribution in [2.75, 3.05) is 6.61 Å². The number of nitrogens with zero attached hydrogens (tertiary/aromatic N) is 2. The Hall–Kier alpha value is -1.93. The third kappa shape index (κ3) is 4.91. The van der Waals surface area contributed by atoms with Crippen molar-refractivity contribution >= 4 is 20.4 Å². The van der Waals surface area contributed by atoms with Gasteiger partial charge in [0.2, 0.25) is 0 Å². The second-order valence-electron chi connectivity index (χ2n) is 9.77. The fourth-order valence-corrected chi connectivity index (χ4v) is 3.70. The highest BCUT2D eigenvalue weighted by Gasteiger charge is 2.42. The number of carboxylic acids is 1. The van der Waals surface area contributed by atoms with Gasteiger partial charge in [0.05, 0.1) is 24.4 Å². The minimum absolute atomic E-state index is 0.0335. The van der Waals surface area contributed by atoms with Crippen LogP contribution < -0.4 is 0 Å². The van der Waals surface area contributed by atoms with Gasteiger partial charge < -0.3 is 14.3 Å². The number of aromatic nitrogens is 1. The summed E-state index contributed by atoms with van der Waals surface area (Å²) < 4.78 is 11.9. The van der Waals surface area contributed by atoms with Gasteiger partial charge in [0.1, 0.15) is 11.6 Å². The minimum Gasteiger partial charge on any atom is -0.478 e. The Kier molecular flexibility index (Phi) is 5.97. The summed E-state index contributed by atoms with van der Waals surface area (Å²) in [6.07, 6.45) is 0.880. The summed E-state index contributed by atoms with van der Waals surface area (Å²) in [5.41, 5.74) is 0.870. The van der Waals surface area contributed by atoms with Crippen LogP contribution in [0.4, 0.5) is 4.79 Å². The molecule has 0 saturated heterocycles. The Morgan fingerprint density at radius 2 is 1.86 bits per heavy atom. The van der Waals surface area contributed by atoms with Crippen molar-refractivity contribution < 1.29 is 23.9 Å². The van der Waals surface area contributed by atoms with Gasteiger partial charge in [-0.3, -0.25) is 9.88 Å². The molecule has 1 atom stereocenters. The first-order valence-electron chi connectivity index (χ1n) is 9.48. The quantitative estimate of drug-likeness (QED) is 0.733. The first-order chi connectivity index (χ1) is 12.6. The predicted octanol–water partition coefficient (Wildman–Crippen LogP) is 4.59. The Bertz CT molecular complexity index is 765. The van der Waals surface area contributed by atoms with Crippen LogP contribution in [0.2, 0.25) is 18.1 Å². The van der Waals surface area contributed by atoms with Crippen molar-refractivity contribution in [2.45, 2.75) is 77.9 Å². The molecule has 2 heterocycles. The molecule has 0 aromatic carbocycles. The third-order valence-corrected chi connectivity index (χ3v) is 9.82. The fourth-order valence-electron chi connectivity index (χ4n) is 2.69. The summed E-state index contributed by atoms with van der Waals surface area (Å²) >= 11 is 0. The van der Waals surface area contributed by atoms with E-state index in [0.717, 1.165) is 5.56 Å². The maximum absolute atomic E-state index is 12.8. The second-order valence-corrected chi connectivity index (χ2v) is 14.6. The molecule has 28 heavy (non-hydrogen) atoms. The van der Waals surface area contributed by atoms with E-state index in [2.05, 4.69) is 38.8 Å². The van der Waals surface area contributed by atoms with Gasteiger partial charge >= 0.3 is 12.1 Å². The number of fused-ring (bicyclic) bond motifs is 1. The van der Waals surface area contributed by atoms with Gasteiger partial charge in [-0.05, 0) is 50.5 Å². The lowest BCUT2D eigenvalue weighted by molar-refractivity contribution is 0.0114. The van der Waals surface area contributed by atoms with Gasteiger partial charge in [0.15, 0.2) is 8.32 Å². The number of carbonyl (C=O) groups excluding carboxylic acids is 1. The van der Waals surface area contributed by atoms with E-state index in [1.54, 1.807) is 11.0 Å². The van der Waals surface area contributed by atoms with Crippen LogP contribution in [-0.2, 0) is 15.7 Å². The maximum Gasteiger partial charge on any atom is 0.411 e. The van der Waals surface area contributed by atoms with Crippen molar-refractivity contribution in [3.8, 4) is 0 Å². The molecule has 0 fully saturated rings. The molecule has 0 saturated carbocycles. The van der Waals surface area contributed by atoms with Crippen LogP contribution in [0.25, 0.3) is 0 Å². The average Bonchev–Trinajstić information content (AvgIpc) is 2.88. The van der Waals surface area contributed by atoms with Gasteiger partial charge in [-0.15, -0.1) is 0 Å². The first-order valence-corrected chi connectivity index (χ1v) is 12.4. The summed E-state index contributed by atoms with van der Waals surface area (Å²) in [4.78, 5) is 30.0. The molecule has 1 amide bonds. The Balaban J connectivity index is 2.33. The Morgan fingerprint density at radius 3 is 2.36 bits per heavy atom. The van der Waals surface area contributed by atoms with E-state index in [-0.39, 0.29) is 17.1 Å². The zero-order valence-electron chi connectivity index (χ0n) is 18.1. The van der Waals surface area contributed by atoms with Crippen molar-refractivity contribution in [3.63, 3.8) is 0 Å². The topological polar surface area (TPSA) is 89.0 Å². The number of ether oxygens (including phenoxy) is 1. The standard InChI is InChI=1S/C20H32N2O5Si/c1-19(2,3)27-18(25)22-11-14-9-13(17(23)24)10-21-16(14)15(22)12-26-28(7,8)20(4,5)6/h9-10,15H,11-12H2,1-8H3,(H,23,24). The van der Waals surface area contributed by atoms with Crippen molar-refractivity contribution in [1.82, 2.24) is 9.88 Å². The molecular weight excluding hydrogens is 376 g/mol. The van der Waals surface area contributed by atoms with E-state index in [1.165, 1.54) is 6.20 Å². The summed E-state index contributed by atoms with van der Waals surface area (Å²) in [6.45, 7) is 16.8. The molecule has 2 rings (SSSR count). The molecule has 1 unspecified atom stereocenters. The van der Waals surface area contributed by atoms with E-state index in [1.807, 2.05) is 20.8 Å². The van der Waals surface area contributed by atoms with E-state index < -0.39 is 32.0 Å². The highest BCUT2D eigenvalue weighted by molar-refractivity contribution is 6.74. The van der Waals surface area contributed by atoms with Crippen LogP contribution in [0.15, 0.2) is 12.3 Å². The monoisotopic (exact) mass is 408 g/mol. The molecule has 0 aliphatic carbocycles. The highest BCUT2D eigenvalue weighted by atomic mass is 28.4. The minimum atomic E-state index is -2.03. The summed E-state index contributed by atoms with van der Waals surface area (Å²) in [5.74, 6) is -1.04. The largest absolute Gasteiger partial charge is 0.478 e. The van der Waals surface area contributed by atoms with Gasteiger partial charge in [-0.25, -0.2) is 9.59 Å². The smallest absolute Gasteiger partial charge is 0.411 e. The number of rotatable bonds is 4. The number of hydrogen-bond acceptors (Lipinski definition) is 5. The van der Waals surface area contributed by atoms with Crippen molar-refractivity contribution in [2.24, 2.45) is 0 Å². The van der Waals surface area contributed by atoms with Crippen LogP contribution in [0, 0.1) is 0 Å². The number of carbonyl (C=O) groups is 2. The van der Waals surface area contributed by atoms with Crippen molar-refractivity contribution in [3.05, 3.63) is 29.1 Å². The second kappa shape index (κ2) is 7.48. The lowest BCUT2D eigenvalue weighted by Crippen LogP contribution is -2.44. The molecule has 0 spiro atoms. The Labute approximate surface area is 168 Å². The van der Waals surface area contributed by atoms with Crippen molar-refractivity contribution in [1.29, 1.82) is 0 Å². The Morgan fingerprint density at radius 1 is 1.25 bits per heavy atom. The van der Waals surface area contributed by atoms with Crippen LogP contribution in [0.3, 0.4) is 0 Å². The number of hydrogen-bond donors (Lipinski definition) is 1. The predicted molar refractivity (Wildman–Crippen MR) is 109 cm³/mol. The molecule has 1 aliphatic heterocycles. The summed E-state index contributed by atoms with van der Waals surface area (Å²) in [6, 6.07) is 1.18. The average molecular weight is 409 g/mol. The van der Waals surface area contributed by atoms with Crippen LogP contribution in [-0.4, -0.2) is 47.6 Å².